The van der Waals surface area contributed by atoms with Crippen molar-refractivity contribution in [2.45, 2.75) is 26.2 Å². The van der Waals surface area contributed by atoms with Crippen molar-refractivity contribution in [3.05, 3.63) is 11.6 Å². The van der Waals surface area contributed by atoms with Crippen LogP contribution in [-0.4, -0.2) is 32.3 Å². The Morgan fingerprint density at radius 3 is 2.26 bits per heavy atom. The summed E-state index contributed by atoms with van der Waals surface area (Å²) in [4.78, 5) is 21.6. The standard InChI is InChI=1S/C12H15NO6/c1-5(3-9(15)16)7-4-8(13-6(2)14)11(18)12(19)10(7)17/h4-5,17-19H,3H2,1-2H3,(H,13,14)(H,15,16). The van der Waals surface area contributed by atoms with Crippen LogP contribution in [0.15, 0.2) is 6.07 Å². The zero-order chi connectivity index (χ0) is 14.7. The highest BCUT2D eigenvalue weighted by Crippen LogP contribution is 2.46. The lowest BCUT2D eigenvalue weighted by Crippen LogP contribution is -2.08. The van der Waals surface area contributed by atoms with Gasteiger partial charge in [0.2, 0.25) is 11.7 Å². The molecule has 7 heteroatoms. The summed E-state index contributed by atoms with van der Waals surface area (Å²) in [5, 5.41) is 39.8. The third kappa shape index (κ3) is 3.27. The topological polar surface area (TPSA) is 127 Å². The Bertz CT molecular complexity index is 525. The molecule has 1 amide bonds. The lowest BCUT2D eigenvalue weighted by molar-refractivity contribution is -0.137. The second-order valence-electron chi connectivity index (χ2n) is 4.24. The summed E-state index contributed by atoms with van der Waals surface area (Å²) in [6.45, 7) is 2.75. The van der Waals surface area contributed by atoms with E-state index >= 15 is 0 Å². The van der Waals surface area contributed by atoms with E-state index in [1.165, 1.54) is 19.9 Å². The van der Waals surface area contributed by atoms with Crippen LogP contribution in [0.5, 0.6) is 17.2 Å². The van der Waals surface area contributed by atoms with Gasteiger partial charge < -0.3 is 25.7 Å². The second-order valence-corrected chi connectivity index (χ2v) is 4.24. The maximum Gasteiger partial charge on any atom is 0.303 e. The molecule has 0 aliphatic carbocycles. The molecule has 0 saturated carbocycles. The number of carbonyl (C=O) groups excluding carboxylic acids is 1. The van der Waals surface area contributed by atoms with Gasteiger partial charge in [0, 0.05) is 12.5 Å². The molecule has 0 aliphatic rings. The summed E-state index contributed by atoms with van der Waals surface area (Å²) in [5.74, 6) is -4.20. The van der Waals surface area contributed by atoms with Crippen LogP contribution in [0.1, 0.15) is 31.7 Å². The van der Waals surface area contributed by atoms with E-state index in [0.717, 1.165) is 0 Å². The molecule has 0 heterocycles. The molecule has 0 fully saturated rings. The molecule has 5 N–H and O–H groups in total. The van der Waals surface area contributed by atoms with Crippen molar-refractivity contribution < 1.29 is 30.0 Å². The lowest BCUT2D eigenvalue weighted by atomic mass is 9.95. The van der Waals surface area contributed by atoms with Crippen molar-refractivity contribution in [2.24, 2.45) is 0 Å². The van der Waals surface area contributed by atoms with E-state index in [-0.39, 0.29) is 17.7 Å². The molecule has 19 heavy (non-hydrogen) atoms. The summed E-state index contributed by atoms with van der Waals surface area (Å²) >= 11 is 0. The van der Waals surface area contributed by atoms with Crippen molar-refractivity contribution in [3.8, 4) is 17.2 Å². The number of phenolic OH excluding ortho intramolecular Hbond substituents is 3. The quantitative estimate of drug-likeness (QED) is 0.414. The fourth-order valence-electron chi connectivity index (χ4n) is 1.70. The van der Waals surface area contributed by atoms with Gasteiger partial charge in [-0.25, -0.2) is 0 Å². The van der Waals surface area contributed by atoms with Gasteiger partial charge in [-0.15, -0.1) is 0 Å². The van der Waals surface area contributed by atoms with E-state index < -0.39 is 35.0 Å². The smallest absolute Gasteiger partial charge is 0.303 e. The van der Waals surface area contributed by atoms with Crippen molar-refractivity contribution in [3.63, 3.8) is 0 Å². The number of carbonyl (C=O) groups is 2. The number of nitrogens with one attached hydrogen (secondary N) is 1. The number of benzene rings is 1. The molecule has 7 nitrogen and oxygen atoms in total. The molecule has 0 aromatic heterocycles. The number of anilines is 1. The Labute approximate surface area is 109 Å². The van der Waals surface area contributed by atoms with E-state index in [0.29, 0.717) is 0 Å². The van der Waals surface area contributed by atoms with Crippen LogP contribution in [0.25, 0.3) is 0 Å². The van der Waals surface area contributed by atoms with E-state index in [1.54, 1.807) is 0 Å². The van der Waals surface area contributed by atoms with Gasteiger partial charge in [-0.1, -0.05) is 6.92 Å². The predicted molar refractivity (Wildman–Crippen MR) is 66.4 cm³/mol. The Kier molecular flexibility index (Phi) is 4.21. The second kappa shape index (κ2) is 5.47. The first kappa shape index (κ1) is 14.6. The summed E-state index contributed by atoms with van der Waals surface area (Å²) in [5.41, 5.74) is 0.0384. The average molecular weight is 269 g/mol. The SMILES string of the molecule is CC(=O)Nc1cc(C(C)CC(=O)O)c(O)c(O)c1O. The van der Waals surface area contributed by atoms with Crippen LogP contribution in [0, 0.1) is 0 Å². The Hall–Kier alpha value is -2.44. The van der Waals surface area contributed by atoms with E-state index in [1.807, 2.05) is 0 Å². The summed E-state index contributed by atoms with van der Waals surface area (Å²) in [7, 11) is 0. The highest BCUT2D eigenvalue weighted by Gasteiger charge is 2.22. The van der Waals surface area contributed by atoms with Crippen LogP contribution in [0.3, 0.4) is 0 Å². The van der Waals surface area contributed by atoms with Gasteiger partial charge in [0.15, 0.2) is 11.5 Å². The van der Waals surface area contributed by atoms with Gasteiger partial charge in [-0.2, -0.15) is 0 Å². The van der Waals surface area contributed by atoms with Crippen LogP contribution in [0.4, 0.5) is 5.69 Å². The highest BCUT2D eigenvalue weighted by molar-refractivity contribution is 5.91. The molecule has 1 atom stereocenters. The number of amides is 1. The molecule has 1 aromatic carbocycles. The first-order valence-electron chi connectivity index (χ1n) is 5.51. The van der Waals surface area contributed by atoms with E-state index in [9.17, 15) is 24.9 Å². The normalized spacial score (nSPS) is 11.9. The number of hydrogen-bond donors (Lipinski definition) is 5. The summed E-state index contributed by atoms with van der Waals surface area (Å²) in [6, 6.07) is 1.24. The lowest BCUT2D eigenvalue weighted by Gasteiger charge is -2.16. The molecule has 0 aliphatic heterocycles. The van der Waals surface area contributed by atoms with Crippen molar-refractivity contribution in [1.29, 1.82) is 0 Å². The largest absolute Gasteiger partial charge is 0.504 e. The van der Waals surface area contributed by atoms with Crippen molar-refractivity contribution >= 4 is 17.6 Å². The third-order valence-electron chi connectivity index (χ3n) is 2.60. The summed E-state index contributed by atoms with van der Waals surface area (Å²) < 4.78 is 0. The van der Waals surface area contributed by atoms with Crippen LogP contribution in [-0.2, 0) is 9.59 Å². The number of aliphatic carboxylic acids is 1. The number of phenols is 3. The molecule has 0 radical (unpaired) electrons. The maximum atomic E-state index is 11.0. The monoisotopic (exact) mass is 269 g/mol. The van der Waals surface area contributed by atoms with Crippen molar-refractivity contribution in [2.75, 3.05) is 5.32 Å². The number of aromatic hydroxyl groups is 3. The Morgan fingerprint density at radius 1 is 1.21 bits per heavy atom. The number of rotatable bonds is 4. The zero-order valence-electron chi connectivity index (χ0n) is 10.5. The molecular formula is C12H15NO6. The molecule has 1 rings (SSSR count). The van der Waals surface area contributed by atoms with Gasteiger partial charge in [-0.05, 0) is 12.0 Å². The van der Waals surface area contributed by atoms with E-state index in [2.05, 4.69) is 5.32 Å². The first-order valence-corrected chi connectivity index (χ1v) is 5.51. The fraction of sp³-hybridized carbons (Fsp3) is 0.333. The highest BCUT2D eigenvalue weighted by atomic mass is 16.4. The Balaban J connectivity index is 3.28. The molecule has 0 saturated heterocycles. The summed E-state index contributed by atoms with van der Waals surface area (Å²) in [6.07, 6.45) is -0.267. The van der Waals surface area contributed by atoms with Crippen LogP contribution in [0.2, 0.25) is 0 Å². The van der Waals surface area contributed by atoms with E-state index in [4.69, 9.17) is 5.11 Å². The number of hydrogen-bond acceptors (Lipinski definition) is 5. The van der Waals surface area contributed by atoms with Gasteiger partial charge in [0.25, 0.3) is 0 Å². The van der Waals surface area contributed by atoms with Gasteiger partial charge >= 0.3 is 5.97 Å². The van der Waals surface area contributed by atoms with Gasteiger partial charge in [0.1, 0.15) is 0 Å². The molecule has 104 valence electrons. The van der Waals surface area contributed by atoms with Gasteiger partial charge in [-0.3, -0.25) is 9.59 Å². The van der Waals surface area contributed by atoms with Crippen LogP contribution < -0.4 is 5.32 Å². The number of carboxylic acid groups (broad SMARTS) is 1. The minimum atomic E-state index is -1.07. The Morgan fingerprint density at radius 2 is 1.79 bits per heavy atom. The zero-order valence-corrected chi connectivity index (χ0v) is 10.5. The third-order valence-corrected chi connectivity index (χ3v) is 2.60. The minimum absolute atomic E-state index is 0.0879. The fourth-order valence-corrected chi connectivity index (χ4v) is 1.70. The molecule has 1 unspecified atom stereocenters. The average Bonchev–Trinajstić information content (AvgIpc) is 2.28. The molecule has 1 aromatic rings. The molecule has 0 bridgehead atoms. The number of carboxylic acids is 1. The molecular weight excluding hydrogens is 254 g/mol. The van der Waals surface area contributed by atoms with Crippen LogP contribution >= 0.6 is 0 Å². The molecule has 0 spiro atoms. The van der Waals surface area contributed by atoms with Gasteiger partial charge in [0.05, 0.1) is 12.1 Å². The minimum Gasteiger partial charge on any atom is -0.504 e. The predicted octanol–water partition coefficient (Wildman–Crippen LogP) is 1.34. The maximum absolute atomic E-state index is 11.0. The van der Waals surface area contributed by atoms with Crippen molar-refractivity contribution in [1.82, 2.24) is 0 Å². The first-order chi connectivity index (χ1) is 8.73.